The van der Waals surface area contributed by atoms with Crippen LogP contribution >= 0.6 is 23.7 Å². The number of morpholine rings is 1. The maximum absolute atomic E-state index is 13.5. The first kappa shape index (κ1) is 29.5. The second kappa shape index (κ2) is 14.2. The molecule has 1 aliphatic heterocycles. The van der Waals surface area contributed by atoms with E-state index in [1.165, 1.54) is 11.3 Å². The lowest BCUT2D eigenvalue weighted by molar-refractivity contribution is -0.114. The molecule has 0 atom stereocenters. The third-order valence-corrected chi connectivity index (χ3v) is 7.19. The molecular formula is C27H34ClN3O6S. The molecule has 0 spiro atoms. The highest BCUT2D eigenvalue weighted by atomic mass is 35.5. The summed E-state index contributed by atoms with van der Waals surface area (Å²) in [5.74, 6) is 2.16. The van der Waals surface area contributed by atoms with Crippen molar-refractivity contribution in [3.05, 3.63) is 42.0 Å². The van der Waals surface area contributed by atoms with Crippen LogP contribution in [0.3, 0.4) is 0 Å². The molecule has 0 aliphatic carbocycles. The van der Waals surface area contributed by atoms with E-state index in [0.29, 0.717) is 28.9 Å². The average molecular weight is 564 g/mol. The second-order valence-corrected chi connectivity index (χ2v) is 9.43. The third kappa shape index (κ3) is 7.08. The quantitative estimate of drug-likeness (QED) is 0.315. The van der Waals surface area contributed by atoms with Crippen LogP contribution in [-0.2, 0) is 9.53 Å². The van der Waals surface area contributed by atoms with Gasteiger partial charge in [-0.3, -0.25) is 14.6 Å². The molecule has 4 rings (SSSR count). The van der Waals surface area contributed by atoms with Crippen LogP contribution in [-0.4, -0.2) is 83.6 Å². The first-order chi connectivity index (χ1) is 18.1. The number of aromatic nitrogens is 1. The van der Waals surface area contributed by atoms with Crippen LogP contribution < -0.4 is 23.8 Å². The molecule has 9 nitrogen and oxygen atoms in total. The van der Waals surface area contributed by atoms with Gasteiger partial charge in [-0.25, -0.2) is 4.98 Å². The summed E-state index contributed by atoms with van der Waals surface area (Å²) in [6.07, 6.45) is 4.13. The fraction of sp³-hybridized carbons (Fsp3) is 0.407. The Morgan fingerprint density at radius 3 is 2.39 bits per heavy atom. The van der Waals surface area contributed by atoms with E-state index in [1.54, 1.807) is 57.6 Å². The van der Waals surface area contributed by atoms with Crippen molar-refractivity contribution in [2.24, 2.45) is 0 Å². The zero-order valence-electron chi connectivity index (χ0n) is 22.1. The number of hydrogen-bond acceptors (Lipinski definition) is 9. The lowest BCUT2D eigenvalue weighted by Gasteiger charge is -2.27. The molecule has 11 heteroatoms. The largest absolute Gasteiger partial charge is 0.497 e. The van der Waals surface area contributed by atoms with Crippen molar-refractivity contribution in [2.45, 2.75) is 6.42 Å². The van der Waals surface area contributed by atoms with Gasteiger partial charge in [-0.2, -0.15) is 0 Å². The number of ether oxygens (including phenoxy) is 5. The Kier molecular flexibility index (Phi) is 11.0. The van der Waals surface area contributed by atoms with Crippen molar-refractivity contribution in [3.8, 4) is 23.0 Å². The van der Waals surface area contributed by atoms with E-state index < -0.39 is 0 Å². The molecule has 2 aromatic carbocycles. The number of anilines is 1. The molecule has 0 N–H and O–H groups in total. The standard InChI is InChI=1S/C27H33N3O6S.ClH/c1-32-20-7-8-21-24(18-20)37-27(28-21)30(11-5-10-29-12-14-36-15-13-29)25(31)9-6-19-16-22(33-2)26(35-4)23(17-19)34-3;/h6-9,16-18H,5,10-15H2,1-4H3;1H/b9-6+;. The lowest BCUT2D eigenvalue weighted by atomic mass is 10.1. The summed E-state index contributed by atoms with van der Waals surface area (Å²) < 4.78 is 28.0. The average Bonchev–Trinajstić information content (AvgIpc) is 3.36. The molecule has 1 aliphatic rings. The van der Waals surface area contributed by atoms with Crippen molar-refractivity contribution in [2.75, 3.05) is 72.7 Å². The summed E-state index contributed by atoms with van der Waals surface area (Å²) >= 11 is 1.48. The van der Waals surface area contributed by atoms with Crippen LogP contribution in [0.25, 0.3) is 16.3 Å². The van der Waals surface area contributed by atoms with Gasteiger partial charge in [0.1, 0.15) is 5.75 Å². The van der Waals surface area contributed by atoms with Gasteiger partial charge in [-0.15, -0.1) is 12.4 Å². The maximum atomic E-state index is 13.5. The van der Waals surface area contributed by atoms with Gasteiger partial charge >= 0.3 is 0 Å². The smallest absolute Gasteiger partial charge is 0.252 e. The minimum absolute atomic E-state index is 0. The van der Waals surface area contributed by atoms with E-state index in [-0.39, 0.29) is 18.3 Å². The number of carbonyl (C=O) groups excluding carboxylic acids is 1. The van der Waals surface area contributed by atoms with Crippen LogP contribution in [0.1, 0.15) is 12.0 Å². The van der Waals surface area contributed by atoms with Gasteiger partial charge in [0.05, 0.1) is 51.9 Å². The molecule has 0 saturated carbocycles. The molecule has 0 radical (unpaired) electrons. The zero-order chi connectivity index (χ0) is 26.2. The Bertz CT molecular complexity index is 1220. The van der Waals surface area contributed by atoms with E-state index in [2.05, 4.69) is 4.90 Å². The van der Waals surface area contributed by atoms with Crippen molar-refractivity contribution in [1.29, 1.82) is 0 Å². The van der Waals surface area contributed by atoms with Crippen LogP contribution in [0.5, 0.6) is 23.0 Å². The highest BCUT2D eigenvalue weighted by Crippen LogP contribution is 2.38. The number of hydrogen-bond donors (Lipinski definition) is 0. The third-order valence-electron chi connectivity index (χ3n) is 6.15. The van der Waals surface area contributed by atoms with Gasteiger partial charge < -0.3 is 23.7 Å². The van der Waals surface area contributed by atoms with Crippen molar-refractivity contribution >= 4 is 51.1 Å². The monoisotopic (exact) mass is 563 g/mol. The Morgan fingerprint density at radius 2 is 1.76 bits per heavy atom. The predicted octanol–water partition coefficient (Wildman–Crippen LogP) is 4.52. The predicted molar refractivity (Wildman–Crippen MR) is 153 cm³/mol. The summed E-state index contributed by atoms with van der Waals surface area (Å²) in [5, 5.41) is 0.657. The Morgan fingerprint density at radius 1 is 1.05 bits per heavy atom. The molecule has 38 heavy (non-hydrogen) atoms. The van der Waals surface area contributed by atoms with Crippen LogP contribution in [0, 0.1) is 0 Å². The number of rotatable bonds is 11. The Hall–Kier alpha value is -3.05. The first-order valence-electron chi connectivity index (χ1n) is 12.1. The van der Waals surface area contributed by atoms with E-state index in [9.17, 15) is 4.79 Å². The van der Waals surface area contributed by atoms with Crippen molar-refractivity contribution < 1.29 is 28.5 Å². The number of fused-ring (bicyclic) bond motifs is 1. The van der Waals surface area contributed by atoms with Gasteiger partial charge in [0, 0.05) is 32.3 Å². The van der Waals surface area contributed by atoms with Crippen LogP contribution in [0.4, 0.5) is 5.13 Å². The Balaban J connectivity index is 0.00000400. The summed E-state index contributed by atoms with van der Waals surface area (Å²) in [6.45, 7) is 4.76. The van der Waals surface area contributed by atoms with E-state index in [4.69, 9.17) is 28.7 Å². The number of benzene rings is 2. The second-order valence-electron chi connectivity index (χ2n) is 8.42. The molecular weight excluding hydrogens is 530 g/mol. The molecule has 1 saturated heterocycles. The molecule has 1 amide bonds. The molecule has 1 aromatic heterocycles. The van der Waals surface area contributed by atoms with Crippen LogP contribution in [0.15, 0.2) is 36.4 Å². The van der Waals surface area contributed by atoms with Gasteiger partial charge in [0.25, 0.3) is 5.91 Å². The number of carbonyl (C=O) groups is 1. The minimum Gasteiger partial charge on any atom is -0.497 e. The summed E-state index contributed by atoms with van der Waals surface area (Å²) in [7, 11) is 6.32. The summed E-state index contributed by atoms with van der Waals surface area (Å²) in [4.78, 5) is 22.3. The molecule has 1 fully saturated rings. The lowest BCUT2D eigenvalue weighted by Crippen LogP contribution is -2.39. The molecule has 0 bridgehead atoms. The SMILES string of the molecule is COc1ccc2nc(N(CCCN3CCOCC3)C(=O)/C=C/c3cc(OC)c(OC)c(OC)c3)sc2c1.Cl. The molecule has 206 valence electrons. The van der Waals surface area contributed by atoms with Crippen molar-refractivity contribution in [1.82, 2.24) is 9.88 Å². The number of methoxy groups -OCH3 is 4. The van der Waals surface area contributed by atoms with Crippen LogP contribution in [0.2, 0.25) is 0 Å². The maximum Gasteiger partial charge on any atom is 0.252 e. The van der Waals surface area contributed by atoms with Gasteiger partial charge in [-0.1, -0.05) is 11.3 Å². The van der Waals surface area contributed by atoms with Gasteiger partial charge in [-0.05, 0) is 48.4 Å². The van der Waals surface area contributed by atoms with Gasteiger partial charge in [0.15, 0.2) is 16.6 Å². The fourth-order valence-corrected chi connectivity index (χ4v) is 5.19. The summed E-state index contributed by atoms with van der Waals surface area (Å²) in [5.41, 5.74) is 1.59. The highest BCUT2D eigenvalue weighted by Gasteiger charge is 2.20. The number of halogens is 1. The summed E-state index contributed by atoms with van der Waals surface area (Å²) in [6, 6.07) is 9.34. The minimum atomic E-state index is -0.151. The number of thiazole rings is 1. The van der Waals surface area contributed by atoms with E-state index in [0.717, 1.165) is 60.8 Å². The molecule has 2 heterocycles. The normalized spacial score (nSPS) is 13.8. The van der Waals surface area contributed by atoms with E-state index >= 15 is 0 Å². The fourth-order valence-electron chi connectivity index (χ4n) is 4.17. The molecule has 3 aromatic rings. The first-order valence-corrected chi connectivity index (χ1v) is 12.9. The topological polar surface area (TPSA) is 82.6 Å². The molecule has 0 unspecified atom stereocenters. The zero-order valence-corrected chi connectivity index (χ0v) is 23.7. The van der Waals surface area contributed by atoms with E-state index in [1.807, 2.05) is 18.2 Å². The number of amides is 1. The van der Waals surface area contributed by atoms with Gasteiger partial charge in [0.2, 0.25) is 5.75 Å². The Labute approximate surface area is 233 Å². The highest BCUT2D eigenvalue weighted by molar-refractivity contribution is 7.22. The van der Waals surface area contributed by atoms with Crippen molar-refractivity contribution in [3.63, 3.8) is 0 Å². The number of nitrogens with zero attached hydrogens (tertiary/aromatic N) is 3.